The lowest BCUT2D eigenvalue weighted by Gasteiger charge is -2.59. The van der Waals surface area contributed by atoms with E-state index in [4.69, 9.17) is 0 Å². The molecule has 5 unspecified atom stereocenters. The van der Waals surface area contributed by atoms with Crippen molar-refractivity contribution in [2.75, 3.05) is 19.7 Å². The first kappa shape index (κ1) is 15.8. The number of aromatic amines is 1. The topological polar surface area (TPSA) is 39.3 Å². The molecule has 3 nitrogen and oxygen atoms in total. The summed E-state index contributed by atoms with van der Waals surface area (Å²) in [5.41, 5.74) is 3.26. The van der Waals surface area contributed by atoms with Gasteiger partial charge in [-0.15, -0.1) is 0 Å². The van der Waals surface area contributed by atoms with Gasteiger partial charge in [0.2, 0.25) is 0 Å². The zero-order valence-electron chi connectivity index (χ0n) is 14.9. The molecule has 4 heterocycles. The van der Waals surface area contributed by atoms with Crippen molar-refractivity contribution in [1.29, 1.82) is 0 Å². The van der Waals surface area contributed by atoms with Gasteiger partial charge in [0.15, 0.2) is 0 Å². The minimum Gasteiger partial charge on any atom is -0.395 e. The van der Waals surface area contributed by atoms with E-state index in [0.29, 0.717) is 17.9 Å². The van der Waals surface area contributed by atoms with E-state index in [1.54, 1.807) is 6.07 Å². The van der Waals surface area contributed by atoms with Crippen molar-refractivity contribution in [3.05, 3.63) is 35.3 Å². The van der Waals surface area contributed by atoms with Crippen LogP contribution in [0.15, 0.2) is 18.2 Å². The summed E-state index contributed by atoms with van der Waals surface area (Å²) >= 11 is 0. The molecule has 1 aliphatic carbocycles. The number of nitrogens with zero attached hydrogens (tertiary/aromatic N) is 1. The Hall–Kier alpha value is -1.39. The minimum absolute atomic E-state index is 0.176. The second-order valence-corrected chi connectivity index (χ2v) is 8.53. The maximum atomic E-state index is 13.9. The number of aliphatic hydroxyl groups excluding tert-OH is 1. The van der Waals surface area contributed by atoms with Gasteiger partial charge < -0.3 is 10.1 Å². The number of rotatable bonds is 3. The molecule has 0 radical (unpaired) electrons. The summed E-state index contributed by atoms with van der Waals surface area (Å²) in [7, 11) is 0. The normalized spacial score (nSPS) is 36.4. The van der Waals surface area contributed by atoms with E-state index in [2.05, 4.69) is 16.8 Å². The number of nitrogens with one attached hydrogen (secondary N) is 1. The quantitative estimate of drug-likeness (QED) is 0.894. The van der Waals surface area contributed by atoms with E-state index in [1.165, 1.54) is 43.1 Å². The first-order valence-corrected chi connectivity index (χ1v) is 9.81. The van der Waals surface area contributed by atoms with Gasteiger partial charge in [0.05, 0.1) is 6.61 Å². The molecule has 4 aliphatic rings. The van der Waals surface area contributed by atoms with Crippen LogP contribution in [0.5, 0.6) is 0 Å². The van der Waals surface area contributed by atoms with Crippen molar-refractivity contribution in [3.8, 4) is 0 Å². The molecular formula is C21H27FN2O. The van der Waals surface area contributed by atoms with E-state index >= 15 is 0 Å². The van der Waals surface area contributed by atoms with E-state index in [1.807, 2.05) is 6.07 Å². The molecule has 5 atom stereocenters. The van der Waals surface area contributed by atoms with Crippen LogP contribution in [0.3, 0.4) is 0 Å². The second kappa shape index (κ2) is 5.55. The fourth-order valence-electron chi connectivity index (χ4n) is 6.48. The zero-order valence-corrected chi connectivity index (χ0v) is 14.9. The molecule has 4 bridgehead atoms. The van der Waals surface area contributed by atoms with E-state index < -0.39 is 0 Å². The van der Waals surface area contributed by atoms with Crippen LogP contribution in [-0.4, -0.2) is 40.7 Å². The van der Waals surface area contributed by atoms with Gasteiger partial charge in [-0.3, -0.25) is 4.90 Å². The summed E-state index contributed by atoms with van der Waals surface area (Å²) in [6.07, 6.45) is 5.76. The van der Waals surface area contributed by atoms with Gasteiger partial charge in [0, 0.05) is 41.1 Å². The SMILES string of the molecule is CCCC1CC2CN3CCc4c([nH]c5ccc(F)cc45)C(CO)(C2)C13. The molecule has 0 spiro atoms. The van der Waals surface area contributed by atoms with Crippen molar-refractivity contribution in [2.24, 2.45) is 11.8 Å². The Morgan fingerprint density at radius 3 is 3.08 bits per heavy atom. The predicted molar refractivity (Wildman–Crippen MR) is 97.2 cm³/mol. The Labute approximate surface area is 148 Å². The third-order valence-corrected chi connectivity index (χ3v) is 7.14. The van der Waals surface area contributed by atoms with Crippen molar-refractivity contribution >= 4 is 10.9 Å². The first-order chi connectivity index (χ1) is 12.2. The van der Waals surface area contributed by atoms with Crippen LogP contribution in [0.1, 0.15) is 43.9 Å². The number of halogens is 1. The van der Waals surface area contributed by atoms with Crippen molar-refractivity contribution < 1.29 is 9.50 Å². The maximum Gasteiger partial charge on any atom is 0.123 e. The third kappa shape index (κ3) is 2.10. The Bertz CT molecular complexity index is 816. The highest BCUT2D eigenvalue weighted by molar-refractivity contribution is 5.85. The Morgan fingerprint density at radius 1 is 1.40 bits per heavy atom. The van der Waals surface area contributed by atoms with Crippen molar-refractivity contribution in [2.45, 2.75) is 50.5 Å². The van der Waals surface area contributed by atoms with Gasteiger partial charge in [-0.1, -0.05) is 13.3 Å². The Kier molecular flexibility index (Phi) is 3.52. The predicted octanol–water partition coefficient (Wildman–Crippen LogP) is 3.60. The molecule has 1 aromatic heterocycles. The molecule has 3 fully saturated rings. The van der Waals surface area contributed by atoms with Crippen LogP contribution in [0, 0.1) is 17.7 Å². The van der Waals surface area contributed by atoms with E-state index in [-0.39, 0.29) is 17.8 Å². The second-order valence-electron chi connectivity index (χ2n) is 8.53. The number of fused-ring (bicyclic) bond motifs is 4. The number of aromatic nitrogens is 1. The molecule has 1 saturated carbocycles. The molecule has 134 valence electrons. The molecular weight excluding hydrogens is 315 g/mol. The molecule has 6 rings (SSSR count). The molecule has 3 aliphatic heterocycles. The molecule has 0 amide bonds. The molecule has 2 aromatic rings. The van der Waals surface area contributed by atoms with Crippen LogP contribution in [0.2, 0.25) is 0 Å². The summed E-state index contributed by atoms with van der Waals surface area (Å²) in [5.74, 6) is 1.16. The summed E-state index contributed by atoms with van der Waals surface area (Å²) in [6, 6.07) is 5.47. The zero-order chi connectivity index (χ0) is 17.2. The van der Waals surface area contributed by atoms with E-state index in [0.717, 1.165) is 30.3 Å². The van der Waals surface area contributed by atoms with Crippen molar-refractivity contribution in [1.82, 2.24) is 9.88 Å². The lowest BCUT2D eigenvalue weighted by Crippen LogP contribution is -2.65. The molecule has 25 heavy (non-hydrogen) atoms. The molecule has 2 N–H and O–H groups in total. The smallest absolute Gasteiger partial charge is 0.123 e. The van der Waals surface area contributed by atoms with Gasteiger partial charge in [-0.2, -0.15) is 0 Å². The lowest BCUT2D eigenvalue weighted by molar-refractivity contribution is -0.0788. The van der Waals surface area contributed by atoms with Crippen molar-refractivity contribution in [3.63, 3.8) is 0 Å². The summed E-state index contributed by atoms with van der Waals surface area (Å²) in [5, 5.41) is 11.6. The van der Waals surface area contributed by atoms with Crippen LogP contribution in [0.4, 0.5) is 4.39 Å². The maximum absolute atomic E-state index is 13.9. The fraction of sp³-hybridized carbons (Fsp3) is 0.619. The minimum atomic E-state index is -0.206. The van der Waals surface area contributed by atoms with Gasteiger partial charge >= 0.3 is 0 Å². The lowest BCUT2D eigenvalue weighted by atomic mass is 9.56. The highest BCUT2D eigenvalue weighted by Gasteiger charge is 2.57. The molecule has 1 aromatic carbocycles. The largest absolute Gasteiger partial charge is 0.395 e. The Morgan fingerprint density at radius 2 is 2.28 bits per heavy atom. The number of hydrogen-bond acceptors (Lipinski definition) is 2. The number of hydrogen-bond donors (Lipinski definition) is 2. The summed E-state index contributed by atoms with van der Waals surface area (Å²) < 4.78 is 13.9. The summed E-state index contributed by atoms with van der Waals surface area (Å²) in [6.45, 7) is 4.65. The van der Waals surface area contributed by atoms with E-state index in [9.17, 15) is 9.50 Å². The third-order valence-electron chi connectivity index (χ3n) is 7.14. The van der Waals surface area contributed by atoms with Crippen LogP contribution in [-0.2, 0) is 11.8 Å². The number of H-pyrrole nitrogens is 1. The molecule has 2 saturated heterocycles. The number of benzene rings is 1. The average Bonchev–Trinajstić information content (AvgIpc) is 2.93. The number of piperidine rings is 2. The summed E-state index contributed by atoms with van der Waals surface area (Å²) in [4.78, 5) is 6.27. The van der Waals surface area contributed by atoms with Crippen LogP contribution in [0.25, 0.3) is 10.9 Å². The highest BCUT2D eigenvalue weighted by atomic mass is 19.1. The Balaban J connectivity index is 1.73. The fourth-order valence-corrected chi connectivity index (χ4v) is 6.48. The monoisotopic (exact) mass is 342 g/mol. The van der Waals surface area contributed by atoms with Gasteiger partial charge in [0.25, 0.3) is 0 Å². The van der Waals surface area contributed by atoms with Crippen LogP contribution < -0.4 is 0 Å². The first-order valence-electron chi connectivity index (χ1n) is 9.81. The average molecular weight is 342 g/mol. The molecule has 4 heteroatoms. The highest BCUT2D eigenvalue weighted by Crippen LogP contribution is 2.54. The van der Waals surface area contributed by atoms with Gasteiger partial charge in [-0.25, -0.2) is 4.39 Å². The van der Waals surface area contributed by atoms with Gasteiger partial charge in [-0.05, 0) is 61.3 Å². The number of aliphatic hydroxyl groups is 1. The standard InChI is InChI=1S/C21H27FN2O/c1-2-3-14-8-13-10-21(12-25)19-16(6-7-24(11-13)20(14)21)17-9-15(22)4-5-18(17)23-19/h4-5,9,13-14,20,23,25H,2-3,6-8,10-12H2,1H3. The van der Waals surface area contributed by atoms with Gasteiger partial charge in [0.1, 0.15) is 5.82 Å². The van der Waals surface area contributed by atoms with Crippen LogP contribution >= 0.6 is 0 Å².